The Kier molecular flexibility index (Phi) is 7.96. The fraction of sp³-hybridized carbons (Fsp3) is 0.720. The number of carbonyl (C=O) groups is 3. The number of esters is 1. The molecule has 0 aromatic carbocycles. The molecule has 2 spiro atoms. The van der Waals surface area contributed by atoms with Gasteiger partial charge in [0.1, 0.15) is 19.1 Å². The summed E-state index contributed by atoms with van der Waals surface area (Å²) in [5, 5.41) is 2.74. The van der Waals surface area contributed by atoms with E-state index in [0.29, 0.717) is 5.56 Å². The van der Waals surface area contributed by atoms with Gasteiger partial charge in [-0.3, -0.25) is 28.7 Å². The first-order valence-corrected chi connectivity index (χ1v) is 13.8. The van der Waals surface area contributed by atoms with Crippen LogP contribution in [-0.2, 0) is 25.7 Å². The number of thioether (sulfide) groups is 1. The van der Waals surface area contributed by atoms with Gasteiger partial charge >= 0.3 is 11.7 Å². The van der Waals surface area contributed by atoms with E-state index in [0.717, 1.165) is 64.2 Å². The number of nitrogens with one attached hydrogen (secondary N) is 2. The molecule has 2 amide bonds. The van der Waals surface area contributed by atoms with Gasteiger partial charge in [-0.25, -0.2) is 4.79 Å². The van der Waals surface area contributed by atoms with Gasteiger partial charge in [-0.15, -0.1) is 11.8 Å². The van der Waals surface area contributed by atoms with Crippen LogP contribution in [0.2, 0.25) is 0 Å². The van der Waals surface area contributed by atoms with E-state index in [1.807, 2.05) is 0 Å². The van der Waals surface area contributed by atoms with E-state index in [4.69, 9.17) is 4.74 Å². The molecule has 10 nitrogen and oxygen atoms in total. The fourth-order valence-corrected chi connectivity index (χ4v) is 8.45. The number of rotatable bonds is 6. The molecule has 1 unspecified atom stereocenters. The summed E-state index contributed by atoms with van der Waals surface area (Å²) in [5.41, 5.74) is -0.807. The monoisotopic (exact) mass is 520 g/mol. The molecule has 1 aromatic heterocycles. The van der Waals surface area contributed by atoms with E-state index >= 15 is 0 Å². The summed E-state index contributed by atoms with van der Waals surface area (Å²) in [5.74, 6) is -1.19. The molecule has 3 aliphatic rings. The van der Waals surface area contributed by atoms with Crippen molar-refractivity contribution in [2.45, 2.75) is 100 Å². The van der Waals surface area contributed by atoms with Crippen LogP contribution in [0.5, 0.6) is 0 Å². The summed E-state index contributed by atoms with van der Waals surface area (Å²) in [6, 6.07) is -0.748. The molecule has 2 heterocycles. The van der Waals surface area contributed by atoms with Gasteiger partial charge in [-0.2, -0.15) is 0 Å². The second kappa shape index (κ2) is 10.8. The zero-order chi connectivity index (χ0) is 25.9. The Hall–Kier alpha value is -2.56. The Morgan fingerprint density at radius 2 is 1.72 bits per heavy atom. The average Bonchev–Trinajstić information content (AvgIpc) is 3.10. The molecule has 11 heteroatoms. The van der Waals surface area contributed by atoms with Crippen LogP contribution in [0.4, 0.5) is 0 Å². The Bertz CT molecular complexity index is 1120. The van der Waals surface area contributed by atoms with Crippen LogP contribution < -0.4 is 16.6 Å². The summed E-state index contributed by atoms with van der Waals surface area (Å²) in [6.45, 7) is 2.99. The second-order valence-electron chi connectivity index (χ2n) is 10.1. The normalized spacial score (nSPS) is 22.5. The summed E-state index contributed by atoms with van der Waals surface area (Å²) < 4.78 is 5.76. The minimum absolute atomic E-state index is 0.221. The molecule has 0 bridgehead atoms. The third-order valence-electron chi connectivity index (χ3n) is 7.65. The first-order chi connectivity index (χ1) is 17.2. The maximum Gasteiger partial charge on any atom is 0.328 e. The van der Waals surface area contributed by atoms with Crippen LogP contribution in [-0.4, -0.2) is 61.0 Å². The third-order valence-corrected chi connectivity index (χ3v) is 9.67. The Labute approximate surface area is 214 Å². The van der Waals surface area contributed by atoms with Crippen molar-refractivity contribution in [3.8, 4) is 0 Å². The Morgan fingerprint density at radius 1 is 1.08 bits per heavy atom. The molecule has 36 heavy (non-hydrogen) atoms. The predicted octanol–water partition coefficient (Wildman–Crippen LogP) is 1.83. The van der Waals surface area contributed by atoms with Gasteiger partial charge in [-0.1, -0.05) is 38.5 Å². The lowest BCUT2D eigenvalue weighted by molar-refractivity contribution is -0.148. The van der Waals surface area contributed by atoms with Crippen LogP contribution >= 0.6 is 11.8 Å². The number of nitrogens with zero attached hydrogens (tertiary/aromatic N) is 2. The van der Waals surface area contributed by atoms with Crippen molar-refractivity contribution in [1.29, 1.82) is 0 Å². The van der Waals surface area contributed by atoms with E-state index in [-0.39, 0.29) is 31.5 Å². The average molecular weight is 521 g/mol. The van der Waals surface area contributed by atoms with Gasteiger partial charge in [0.05, 0.1) is 11.5 Å². The van der Waals surface area contributed by atoms with Crippen LogP contribution in [0.25, 0.3) is 0 Å². The highest BCUT2D eigenvalue weighted by atomic mass is 32.2. The topological polar surface area (TPSA) is 131 Å². The molecular formula is C25H36N4O6S. The lowest BCUT2D eigenvalue weighted by Crippen LogP contribution is -2.60. The largest absolute Gasteiger partial charge is 0.465 e. The van der Waals surface area contributed by atoms with E-state index < -0.39 is 32.9 Å². The number of H-pyrrole nitrogens is 1. The molecule has 0 radical (unpaired) electrons. The number of hydrogen-bond donors (Lipinski definition) is 2. The first kappa shape index (κ1) is 26.5. The van der Waals surface area contributed by atoms with Crippen LogP contribution in [0.1, 0.15) is 76.7 Å². The molecular weight excluding hydrogens is 484 g/mol. The minimum atomic E-state index is -0.748. The summed E-state index contributed by atoms with van der Waals surface area (Å²) in [6.07, 6.45) is 10.6. The highest BCUT2D eigenvalue weighted by Gasteiger charge is 2.63. The van der Waals surface area contributed by atoms with Gasteiger partial charge in [0.15, 0.2) is 0 Å². The van der Waals surface area contributed by atoms with Crippen molar-refractivity contribution >= 4 is 29.5 Å². The van der Waals surface area contributed by atoms with Crippen molar-refractivity contribution in [3.63, 3.8) is 0 Å². The quantitative estimate of drug-likeness (QED) is 0.547. The standard InChI is InChI=1S/C25H36N4O6S/c1-3-35-19(31)14-26-22(33)20-24(10-6-4-7-11-24)36-25(12-8-5-9-13-25)29(20)18(30)16-28-15-17(2)21(32)27-23(28)34/h15,20H,3-14,16H2,1-2H3,(H,26,33)(H,27,32,34). The highest BCUT2D eigenvalue weighted by molar-refractivity contribution is 8.02. The van der Waals surface area contributed by atoms with Crippen molar-refractivity contribution < 1.29 is 19.1 Å². The van der Waals surface area contributed by atoms with Crippen molar-refractivity contribution in [3.05, 3.63) is 32.6 Å². The number of ether oxygens (including phenoxy) is 1. The third kappa shape index (κ3) is 5.12. The van der Waals surface area contributed by atoms with Crippen molar-refractivity contribution in [1.82, 2.24) is 19.8 Å². The maximum absolute atomic E-state index is 14.0. The second-order valence-corrected chi connectivity index (χ2v) is 11.9. The molecule has 1 aliphatic heterocycles. The number of aryl methyl sites for hydroxylation is 1. The summed E-state index contributed by atoms with van der Waals surface area (Å²) >= 11 is 1.78. The number of hydrogen-bond acceptors (Lipinski definition) is 7. The van der Waals surface area contributed by atoms with Crippen LogP contribution in [0.15, 0.2) is 15.8 Å². The minimum Gasteiger partial charge on any atom is -0.465 e. The Balaban J connectivity index is 1.71. The molecule has 2 N–H and O–H groups in total. The molecule has 1 atom stereocenters. The molecule has 2 saturated carbocycles. The van der Waals surface area contributed by atoms with Crippen LogP contribution in [0, 0.1) is 6.92 Å². The lowest BCUT2D eigenvalue weighted by Gasteiger charge is -2.42. The maximum atomic E-state index is 14.0. The van der Waals surface area contributed by atoms with E-state index in [2.05, 4.69) is 10.3 Å². The molecule has 198 valence electrons. The number of amides is 2. The van der Waals surface area contributed by atoms with Crippen LogP contribution in [0.3, 0.4) is 0 Å². The zero-order valence-corrected chi connectivity index (χ0v) is 21.9. The number of aromatic nitrogens is 2. The first-order valence-electron chi connectivity index (χ1n) is 13.0. The van der Waals surface area contributed by atoms with Crippen molar-refractivity contribution in [2.24, 2.45) is 0 Å². The summed E-state index contributed by atoms with van der Waals surface area (Å²) in [4.78, 5) is 67.5. The van der Waals surface area contributed by atoms with Crippen molar-refractivity contribution in [2.75, 3.05) is 13.2 Å². The van der Waals surface area contributed by atoms with Gasteiger partial charge < -0.3 is 15.0 Å². The van der Waals surface area contributed by atoms with E-state index in [1.54, 1.807) is 30.5 Å². The molecule has 1 saturated heterocycles. The molecule has 1 aromatic rings. The SMILES string of the molecule is CCOC(=O)CNC(=O)C1N(C(=O)Cn2cc(C)c(=O)[nH]c2=O)C2(CCCCC2)SC12CCCCC2. The molecule has 3 fully saturated rings. The van der Waals surface area contributed by atoms with E-state index in [1.165, 1.54) is 10.8 Å². The van der Waals surface area contributed by atoms with Gasteiger partial charge in [-0.05, 0) is 39.5 Å². The fourth-order valence-electron chi connectivity index (χ4n) is 6.08. The van der Waals surface area contributed by atoms with Gasteiger partial charge in [0.2, 0.25) is 11.8 Å². The molecule has 2 aliphatic carbocycles. The zero-order valence-electron chi connectivity index (χ0n) is 21.1. The van der Waals surface area contributed by atoms with E-state index in [9.17, 15) is 24.0 Å². The predicted molar refractivity (Wildman–Crippen MR) is 136 cm³/mol. The summed E-state index contributed by atoms with van der Waals surface area (Å²) in [7, 11) is 0. The number of carbonyl (C=O) groups excluding carboxylic acids is 3. The van der Waals surface area contributed by atoms with Gasteiger partial charge in [0, 0.05) is 16.5 Å². The smallest absolute Gasteiger partial charge is 0.328 e. The van der Waals surface area contributed by atoms with Gasteiger partial charge in [0.25, 0.3) is 5.56 Å². The lowest BCUT2D eigenvalue weighted by atomic mass is 9.80. The highest BCUT2D eigenvalue weighted by Crippen LogP contribution is 2.61. The Morgan fingerprint density at radius 3 is 2.36 bits per heavy atom. The molecule has 4 rings (SSSR count). The number of aromatic amines is 1.